The molecule has 1 aromatic heterocycles. The third-order valence-corrected chi connectivity index (χ3v) is 3.51. The van der Waals surface area contributed by atoms with Crippen molar-refractivity contribution in [2.45, 2.75) is 10.8 Å². The third-order valence-electron chi connectivity index (χ3n) is 2.53. The second kappa shape index (κ2) is 6.17. The minimum absolute atomic E-state index is 0.0423. The lowest BCUT2D eigenvalue weighted by Gasteiger charge is -2.04. The van der Waals surface area contributed by atoms with Crippen LogP contribution in [0.1, 0.15) is 21.5 Å². The Labute approximate surface area is 118 Å². The molecule has 20 heavy (non-hydrogen) atoms. The van der Waals surface area contributed by atoms with E-state index in [2.05, 4.69) is 4.98 Å². The summed E-state index contributed by atoms with van der Waals surface area (Å²) >= 11 is 1.24. The number of nitrogens with zero attached hydrogens (tertiary/aromatic N) is 2. The molecule has 100 valence electrons. The van der Waals surface area contributed by atoms with Crippen molar-refractivity contribution in [2.75, 3.05) is 0 Å². The van der Waals surface area contributed by atoms with Gasteiger partial charge in [-0.15, -0.1) is 11.8 Å². The Balaban J connectivity index is 2.16. The second-order valence-electron chi connectivity index (χ2n) is 3.89. The molecule has 0 fully saturated rings. The van der Waals surface area contributed by atoms with Crippen LogP contribution in [0.4, 0.5) is 4.39 Å². The van der Waals surface area contributed by atoms with Crippen LogP contribution in [0.3, 0.4) is 0 Å². The third kappa shape index (κ3) is 3.33. The van der Waals surface area contributed by atoms with Gasteiger partial charge in [0.2, 0.25) is 0 Å². The number of pyridine rings is 1. The van der Waals surface area contributed by atoms with Gasteiger partial charge in [0.1, 0.15) is 5.82 Å². The number of hydrogen-bond acceptors (Lipinski definition) is 4. The largest absolute Gasteiger partial charge is 0.478 e. The van der Waals surface area contributed by atoms with E-state index in [9.17, 15) is 9.18 Å². The van der Waals surface area contributed by atoms with Crippen molar-refractivity contribution < 1.29 is 14.3 Å². The Morgan fingerprint density at radius 3 is 2.90 bits per heavy atom. The minimum atomic E-state index is -1.10. The maximum Gasteiger partial charge on any atom is 0.335 e. The number of hydrogen-bond donors (Lipinski definition) is 1. The molecule has 0 saturated carbocycles. The van der Waals surface area contributed by atoms with Crippen molar-refractivity contribution in [3.63, 3.8) is 0 Å². The van der Waals surface area contributed by atoms with Crippen molar-refractivity contribution >= 4 is 17.7 Å². The Hall–Kier alpha value is -2.39. The van der Waals surface area contributed by atoms with Crippen LogP contribution in [-0.4, -0.2) is 16.1 Å². The number of rotatable bonds is 4. The van der Waals surface area contributed by atoms with E-state index in [1.807, 2.05) is 6.07 Å². The summed E-state index contributed by atoms with van der Waals surface area (Å²) in [5.41, 5.74) is 0.807. The summed E-state index contributed by atoms with van der Waals surface area (Å²) in [6.45, 7) is 0. The van der Waals surface area contributed by atoms with Crippen LogP contribution >= 0.6 is 11.8 Å². The molecule has 1 N–H and O–H groups in total. The Morgan fingerprint density at radius 1 is 1.40 bits per heavy atom. The number of aromatic nitrogens is 1. The monoisotopic (exact) mass is 288 g/mol. The molecule has 0 spiro atoms. The van der Waals surface area contributed by atoms with Crippen molar-refractivity contribution in [1.82, 2.24) is 4.98 Å². The molecule has 0 radical (unpaired) electrons. The topological polar surface area (TPSA) is 74.0 Å². The van der Waals surface area contributed by atoms with Crippen LogP contribution in [0.2, 0.25) is 0 Å². The number of carbonyl (C=O) groups is 1. The molecular formula is C14H9FN2O2S. The van der Waals surface area contributed by atoms with Gasteiger partial charge in [-0.05, 0) is 35.9 Å². The molecule has 0 bridgehead atoms. The van der Waals surface area contributed by atoms with Gasteiger partial charge >= 0.3 is 5.97 Å². The number of aromatic carboxylic acids is 1. The molecule has 1 heterocycles. The first-order chi connectivity index (χ1) is 9.60. The van der Waals surface area contributed by atoms with Crippen LogP contribution in [0.25, 0.3) is 0 Å². The molecule has 6 heteroatoms. The number of nitriles is 1. The lowest BCUT2D eigenvalue weighted by molar-refractivity contribution is 0.0696. The zero-order valence-electron chi connectivity index (χ0n) is 10.2. The van der Waals surface area contributed by atoms with Crippen LogP contribution in [0.15, 0.2) is 41.6 Å². The van der Waals surface area contributed by atoms with E-state index in [-0.39, 0.29) is 11.3 Å². The van der Waals surface area contributed by atoms with Crippen LogP contribution in [0.5, 0.6) is 0 Å². The summed E-state index contributed by atoms with van der Waals surface area (Å²) in [5.74, 6) is -1.31. The highest BCUT2D eigenvalue weighted by molar-refractivity contribution is 7.98. The molecule has 0 atom stereocenters. The maximum atomic E-state index is 13.6. The molecule has 0 aliphatic rings. The summed E-state index contributed by atoms with van der Waals surface area (Å²) in [6.07, 6.45) is 1.50. The van der Waals surface area contributed by atoms with Crippen LogP contribution in [0, 0.1) is 17.1 Å². The summed E-state index contributed by atoms with van der Waals surface area (Å²) in [6, 6.07) is 8.84. The van der Waals surface area contributed by atoms with Gasteiger partial charge in [0.25, 0.3) is 0 Å². The predicted molar refractivity (Wildman–Crippen MR) is 71.9 cm³/mol. The molecular weight excluding hydrogens is 279 g/mol. The molecule has 0 aliphatic carbocycles. The Morgan fingerprint density at radius 2 is 2.20 bits per heavy atom. The van der Waals surface area contributed by atoms with Gasteiger partial charge in [0.15, 0.2) is 0 Å². The van der Waals surface area contributed by atoms with Gasteiger partial charge in [0, 0.05) is 11.9 Å². The standard InChI is InChI=1S/C14H9FN2O2S/c15-12-2-1-10(14(18)19)6-11(12)8-20-13-5-9(7-16)3-4-17-13/h1-6H,8H2,(H,18,19). The summed E-state index contributed by atoms with van der Waals surface area (Å²) in [7, 11) is 0. The first-order valence-electron chi connectivity index (χ1n) is 5.61. The van der Waals surface area contributed by atoms with E-state index in [1.165, 1.54) is 30.1 Å². The molecule has 4 nitrogen and oxygen atoms in total. The molecule has 0 unspecified atom stereocenters. The van der Waals surface area contributed by atoms with E-state index in [0.29, 0.717) is 16.2 Å². The van der Waals surface area contributed by atoms with E-state index in [0.717, 1.165) is 6.07 Å². The van der Waals surface area contributed by atoms with Gasteiger partial charge in [-0.2, -0.15) is 5.26 Å². The normalized spacial score (nSPS) is 10.0. The lowest BCUT2D eigenvalue weighted by atomic mass is 10.1. The quantitative estimate of drug-likeness (QED) is 0.875. The van der Waals surface area contributed by atoms with Gasteiger partial charge < -0.3 is 5.11 Å². The molecule has 0 saturated heterocycles. The number of benzene rings is 1. The lowest BCUT2D eigenvalue weighted by Crippen LogP contribution is -1.99. The molecule has 0 aliphatic heterocycles. The van der Waals surface area contributed by atoms with Crippen molar-refractivity contribution in [2.24, 2.45) is 0 Å². The molecule has 2 aromatic rings. The average Bonchev–Trinajstić information content (AvgIpc) is 2.46. The van der Waals surface area contributed by atoms with E-state index < -0.39 is 11.8 Å². The zero-order valence-corrected chi connectivity index (χ0v) is 11.0. The predicted octanol–water partition coefficient (Wildman–Crippen LogP) is 3.08. The smallest absolute Gasteiger partial charge is 0.335 e. The molecule has 1 aromatic carbocycles. The van der Waals surface area contributed by atoms with Gasteiger partial charge in [0.05, 0.1) is 22.2 Å². The maximum absolute atomic E-state index is 13.6. The summed E-state index contributed by atoms with van der Waals surface area (Å²) < 4.78 is 13.6. The van der Waals surface area contributed by atoms with Crippen LogP contribution in [-0.2, 0) is 5.75 Å². The Bertz CT molecular complexity index is 698. The van der Waals surface area contributed by atoms with Gasteiger partial charge in [-0.25, -0.2) is 14.2 Å². The fourth-order valence-corrected chi connectivity index (χ4v) is 2.40. The van der Waals surface area contributed by atoms with Gasteiger partial charge in [-0.1, -0.05) is 0 Å². The minimum Gasteiger partial charge on any atom is -0.478 e. The molecule has 0 amide bonds. The van der Waals surface area contributed by atoms with E-state index in [1.54, 1.807) is 12.1 Å². The second-order valence-corrected chi connectivity index (χ2v) is 4.89. The number of carboxylic acid groups (broad SMARTS) is 1. The van der Waals surface area contributed by atoms with Gasteiger partial charge in [-0.3, -0.25) is 0 Å². The van der Waals surface area contributed by atoms with Crippen molar-refractivity contribution in [3.05, 3.63) is 59.0 Å². The fraction of sp³-hybridized carbons (Fsp3) is 0.0714. The first kappa shape index (κ1) is 14.0. The Kier molecular flexibility index (Phi) is 4.33. The number of halogens is 1. The molecule has 2 rings (SSSR count). The highest BCUT2D eigenvalue weighted by Gasteiger charge is 2.09. The summed E-state index contributed by atoms with van der Waals surface area (Å²) in [4.78, 5) is 14.9. The van der Waals surface area contributed by atoms with Crippen LogP contribution < -0.4 is 0 Å². The average molecular weight is 288 g/mol. The van der Waals surface area contributed by atoms with E-state index >= 15 is 0 Å². The highest BCUT2D eigenvalue weighted by atomic mass is 32.2. The number of thioether (sulfide) groups is 1. The number of carboxylic acids is 1. The summed E-state index contributed by atoms with van der Waals surface area (Å²) in [5, 5.41) is 18.2. The van der Waals surface area contributed by atoms with Crippen molar-refractivity contribution in [3.8, 4) is 6.07 Å². The zero-order chi connectivity index (χ0) is 14.5. The first-order valence-corrected chi connectivity index (χ1v) is 6.59. The fourth-order valence-electron chi connectivity index (χ4n) is 1.53. The highest BCUT2D eigenvalue weighted by Crippen LogP contribution is 2.23. The van der Waals surface area contributed by atoms with E-state index in [4.69, 9.17) is 10.4 Å². The van der Waals surface area contributed by atoms with Crippen molar-refractivity contribution in [1.29, 1.82) is 5.26 Å². The SMILES string of the molecule is N#Cc1ccnc(SCc2cc(C(=O)O)ccc2F)c1.